The van der Waals surface area contributed by atoms with E-state index in [4.69, 9.17) is 11.6 Å². The zero-order valence-corrected chi connectivity index (χ0v) is 7.84. The van der Waals surface area contributed by atoms with Crippen molar-refractivity contribution in [3.63, 3.8) is 0 Å². The third-order valence-corrected chi connectivity index (χ3v) is 1.89. The van der Waals surface area contributed by atoms with Gasteiger partial charge in [-0.2, -0.15) is 0 Å². The van der Waals surface area contributed by atoms with Gasteiger partial charge in [-0.25, -0.2) is 4.39 Å². The highest BCUT2D eigenvalue weighted by molar-refractivity contribution is 6.34. The second-order valence-electron chi connectivity index (χ2n) is 2.60. The molecule has 74 valence electrons. The largest absolute Gasteiger partial charge is 0.294 e. The Hall–Kier alpha value is -1.49. The summed E-state index contributed by atoms with van der Waals surface area (Å²) in [5.74, 6) is -1.54. The van der Waals surface area contributed by atoms with Gasteiger partial charge in [0.1, 0.15) is 5.82 Å². The third-order valence-electron chi connectivity index (χ3n) is 1.59. The first kappa shape index (κ1) is 10.6. The van der Waals surface area contributed by atoms with Crippen LogP contribution in [-0.2, 0) is 0 Å². The molecule has 0 unspecified atom stereocenters. The molecule has 0 N–H and O–H groups in total. The number of nitrogens with zero attached hydrogens (tertiary/aromatic N) is 1. The van der Waals surface area contributed by atoms with E-state index in [9.17, 15) is 19.3 Å². The van der Waals surface area contributed by atoms with Gasteiger partial charge < -0.3 is 0 Å². The Balaban J connectivity index is 3.39. The van der Waals surface area contributed by atoms with E-state index in [1.807, 2.05) is 0 Å². The topological polar surface area (TPSA) is 60.2 Å². The minimum absolute atomic E-state index is 0.246. The lowest BCUT2D eigenvalue weighted by Gasteiger charge is -2.01. The average Bonchev–Trinajstić information content (AvgIpc) is 2.01. The fraction of sp³-hybridized carbons (Fsp3) is 0.125. The maximum Gasteiger partial charge on any atom is 0.273 e. The van der Waals surface area contributed by atoms with Gasteiger partial charge in [0.05, 0.1) is 21.6 Å². The van der Waals surface area contributed by atoms with Crippen molar-refractivity contribution in [2.45, 2.75) is 6.92 Å². The molecule has 1 aromatic carbocycles. The molecular weight excluding hydrogens is 213 g/mol. The van der Waals surface area contributed by atoms with Crippen LogP contribution in [0, 0.1) is 15.9 Å². The number of benzene rings is 1. The van der Waals surface area contributed by atoms with Gasteiger partial charge in [-0.3, -0.25) is 14.9 Å². The summed E-state index contributed by atoms with van der Waals surface area (Å²) < 4.78 is 13.1. The summed E-state index contributed by atoms with van der Waals surface area (Å²) >= 11 is 5.51. The number of halogens is 2. The summed E-state index contributed by atoms with van der Waals surface area (Å²) in [6.07, 6.45) is 0. The van der Waals surface area contributed by atoms with Gasteiger partial charge >= 0.3 is 0 Å². The number of non-ortho nitro benzene ring substituents is 1. The van der Waals surface area contributed by atoms with Gasteiger partial charge in [0.25, 0.3) is 5.69 Å². The normalized spacial score (nSPS) is 9.93. The molecule has 1 aromatic rings. The number of nitro groups is 1. The lowest BCUT2D eigenvalue weighted by atomic mass is 10.1. The number of rotatable bonds is 2. The van der Waals surface area contributed by atoms with Crippen LogP contribution in [-0.4, -0.2) is 10.7 Å². The van der Waals surface area contributed by atoms with Gasteiger partial charge in [0.15, 0.2) is 5.78 Å². The van der Waals surface area contributed by atoms with E-state index in [-0.39, 0.29) is 10.6 Å². The number of hydrogen-bond acceptors (Lipinski definition) is 3. The van der Waals surface area contributed by atoms with Crippen molar-refractivity contribution in [2.75, 3.05) is 0 Å². The summed E-state index contributed by atoms with van der Waals surface area (Å²) in [6.45, 7) is 1.14. The van der Waals surface area contributed by atoms with Crippen LogP contribution in [0.1, 0.15) is 17.3 Å². The molecular formula is C8H5ClFNO3. The Bertz CT molecular complexity index is 396. The number of Topliss-reactive ketones (excluding diaryl/α,β-unsaturated/α-hetero) is 1. The van der Waals surface area contributed by atoms with Crippen LogP contribution in [0.4, 0.5) is 10.1 Å². The first-order valence-corrected chi connectivity index (χ1v) is 3.95. The van der Waals surface area contributed by atoms with Crippen molar-refractivity contribution >= 4 is 23.1 Å². The zero-order chi connectivity index (χ0) is 10.9. The molecule has 6 heteroatoms. The maximum absolute atomic E-state index is 13.1. The van der Waals surface area contributed by atoms with Crippen LogP contribution in [0.5, 0.6) is 0 Å². The predicted octanol–water partition coefficient (Wildman–Crippen LogP) is 2.59. The van der Waals surface area contributed by atoms with Crippen molar-refractivity contribution in [3.8, 4) is 0 Å². The molecule has 1 rings (SSSR count). The first-order chi connectivity index (χ1) is 6.43. The minimum atomic E-state index is -0.975. The zero-order valence-electron chi connectivity index (χ0n) is 7.08. The van der Waals surface area contributed by atoms with E-state index in [1.54, 1.807) is 0 Å². The van der Waals surface area contributed by atoms with Crippen LogP contribution in [0.3, 0.4) is 0 Å². The third kappa shape index (κ3) is 1.88. The van der Waals surface area contributed by atoms with Crippen molar-refractivity contribution in [1.82, 2.24) is 0 Å². The molecule has 0 amide bonds. The van der Waals surface area contributed by atoms with Crippen LogP contribution >= 0.6 is 11.6 Å². The lowest BCUT2D eigenvalue weighted by Crippen LogP contribution is -2.00. The van der Waals surface area contributed by atoms with Crippen LogP contribution in [0.15, 0.2) is 12.1 Å². The minimum Gasteiger partial charge on any atom is -0.294 e. The van der Waals surface area contributed by atoms with Crippen molar-refractivity contribution in [1.29, 1.82) is 0 Å². The predicted molar refractivity (Wildman–Crippen MR) is 48.1 cm³/mol. The summed E-state index contributed by atoms with van der Waals surface area (Å²) in [4.78, 5) is 20.4. The van der Waals surface area contributed by atoms with Gasteiger partial charge in [-0.1, -0.05) is 11.6 Å². The SMILES string of the molecule is CC(=O)c1c(F)cc([N+](=O)[O-])cc1Cl. The molecule has 0 spiro atoms. The monoisotopic (exact) mass is 217 g/mol. The standard InChI is InChI=1S/C8H5ClFNO3/c1-4(12)8-6(9)2-5(11(13)14)3-7(8)10/h2-3H,1H3. The lowest BCUT2D eigenvalue weighted by molar-refractivity contribution is -0.385. The second-order valence-corrected chi connectivity index (χ2v) is 3.00. The van der Waals surface area contributed by atoms with Gasteiger partial charge in [0.2, 0.25) is 0 Å². The number of nitro benzene ring substituents is 1. The number of carbonyl (C=O) groups is 1. The molecule has 0 aliphatic rings. The summed E-state index contributed by atoms with van der Waals surface area (Å²) in [6, 6.07) is 1.62. The highest BCUT2D eigenvalue weighted by atomic mass is 35.5. The summed E-state index contributed by atoms with van der Waals surface area (Å²) in [5, 5.41) is 10.0. The summed E-state index contributed by atoms with van der Waals surface area (Å²) in [7, 11) is 0. The Labute approximate surface area is 83.4 Å². The molecule has 0 aliphatic carbocycles. The molecule has 0 atom stereocenters. The Morgan fingerprint density at radius 2 is 2.14 bits per heavy atom. The highest BCUT2D eigenvalue weighted by Gasteiger charge is 2.18. The van der Waals surface area contributed by atoms with Crippen LogP contribution < -0.4 is 0 Å². The first-order valence-electron chi connectivity index (χ1n) is 3.58. The smallest absolute Gasteiger partial charge is 0.273 e. The van der Waals surface area contributed by atoms with Crippen LogP contribution in [0.25, 0.3) is 0 Å². The molecule has 0 bridgehead atoms. The highest BCUT2D eigenvalue weighted by Crippen LogP contribution is 2.25. The molecule has 4 nitrogen and oxygen atoms in total. The van der Waals surface area contributed by atoms with E-state index in [1.165, 1.54) is 0 Å². The molecule has 14 heavy (non-hydrogen) atoms. The van der Waals surface area contributed by atoms with E-state index in [2.05, 4.69) is 0 Å². The number of carbonyl (C=O) groups excluding carboxylic acids is 1. The summed E-state index contributed by atoms with van der Waals surface area (Å²) in [5.41, 5.74) is -0.797. The fourth-order valence-corrected chi connectivity index (χ4v) is 1.34. The Kier molecular flexibility index (Phi) is 2.81. The number of ketones is 1. The molecule has 0 aromatic heterocycles. The molecule has 0 fully saturated rings. The van der Waals surface area contributed by atoms with E-state index < -0.39 is 22.2 Å². The Morgan fingerprint density at radius 1 is 1.57 bits per heavy atom. The molecule has 0 heterocycles. The molecule has 0 aliphatic heterocycles. The average molecular weight is 218 g/mol. The molecule has 0 radical (unpaired) electrons. The quantitative estimate of drug-likeness (QED) is 0.435. The maximum atomic E-state index is 13.1. The van der Waals surface area contributed by atoms with Crippen LogP contribution in [0.2, 0.25) is 5.02 Å². The number of hydrogen-bond donors (Lipinski definition) is 0. The van der Waals surface area contributed by atoms with Crippen molar-refractivity contribution in [2.24, 2.45) is 0 Å². The Morgan fingerprint density at radius 3 is 2.50 bits per heavy atom. The molecule has 0 saturated carbocycles. The van der Waals surface area contributed by atoms with Gasteiger partial charge in [0, 0.05) is 6.07 Å². The van der Waals surface area contributed by atoms with Crippen molar-refractivity contribution < 1.29 is 14.1 Å². The molecule has 0 saturated heterocycles. The second kappa shape index (κ2) is 3.71. The van der Waals surface area contributed by atoms with E-state index in [0.29, 0.717) is 6.07 Å². The van der Waals surface area contributed by atoms with Gasteiger partial charge in [-0.05, 0) is 6.92 Å². The van der Waals surface area contributed by atoms with E-state index >= 15 is 0 Å². The van der Waals surface area contributed by atoms with Gasteiger partial charge in [-0.15, -0.1) is 0 Å². The van der Waals surface area contributed by atoms with Crippen molar-refractivity contribution in [3.05, 3.63) is 38.7 Å². The fourth-order valence-electron chi connectivity index (χ4n) is 1.00. The van der Waals surface area contributed by atoms with E-state index in [0.717, 1.165) is 13.0 Å².